The highest BCUT2D eigenvalue weighted by Crippen LogP contribution is 2.24. The van der Waals surface area contributed by atoms with E-state index in [1.54, 1.807) is 0 Å². The highest BCUT2D eigenvalue weighted by atomic mass is 16.5. The molecule has 0 fully saturated rings. The van der Waals surface area contributed by atoms with Crippen molar-refractivity contribution in [2.45, 2.75) is 0 Å². The van der Waals surface area contributed by atoms with Crippen LogP contribution in [0, 0.1) is 0 Å². The number of nitrogens with zero attached hydrogens (tertiary/aromatic N) is 1. The van der Waals surface area contributed by atoms with Gasteiger partial charge in [-0.25, -0.2) is 4.79 Å². The molecule has 20 heavy (non-hydrogen) atoms. The second-order valence-corrected chi connectivity index (χ2v) is 4.11. The van der Waals surface area contributed by atoms with Crippen molar-refractivity contribution in [1.29, 1.82) is 0 Å². The Labute approximate surface area is 114 Å². The summed E-state index contributed by atoms with van der Waals surface area (Å²) in [6.07, 6.45) is 0. The predicted molar refractivity (Wildman–Crippen MR) is 66.3 cm³/mol. The van der Waals surface area contributed by atoms with Crippen molar-refractivity contribution in [3.8, 4) is 0 Å². The molecule has 0 atom stereocenters. The summed E-state index contributed by atoms with van der Waals surface area (Å²) < 4.78 is 4.73. The molecule has 1 aliphatic heterocycles. The van der Waals surface area contributed by atoms with Gasteiger partial charge in [-0.3, -0.25) is 14.5 Å². The maximum Gasteiger partial charge on any atom is 0.338 e. The Morgan fingerprint density at radius 3 is 2.45 bits per heavy atom. The summed E-state index contributed by atoms with van der Waals surface area (Å²) >= 11 is 0. The van der Waals surface area contributed by atoms with Gasteiger partial charge >= 0.3 is 5.97 Å². The summed E-state index contributed by atoms with van der Waals surface area (Å²) in [7, 11) is 0. The minimum absolute atomic E-state index is 0.0867. The summed E-state index contributed by atoms with van der Waals surface area (Å²) in [5.41, 5.74) is 0.438. The van der Waals surface area contributed by atoms with E-state index in [0.29, 0.717) is 0 Å². The molecule has 0 saturated carbocycles. The van der Waals surface area contributed by atoms with Gasteiger partial charge in [0.25, 0.3) is 11.8 Å². The molecule has 2 amide bonds. The van der Waals surface area contributed by atoms with E-state index in [0.717, 1.165) is 4.90 Å². The van der Waals surface area contributed by atoms with Gasteiger partial charge in [0, 0.05) is 0 Å². The molecule has 0 radical (unpaired) electrons. The number of carbonyl (C=O) groups excluding carboxylic acids is 3. The number of imide groups is 1. The maximum atomic E-state index is 12.0. The van der Waals surface area contributed by atoms with Crippen LogP contribution in [-0.4, -0.2) is 59.3 Å². The maximum absolute atomic E-state index is 12.0. The lowest BCUT2D eigenvalue weighted by Gasteiger charge is -2.10. The fourth-order valence-electron chi connectivity index (χ4n) is 1.94. The van der Waals surface area contributed by atoms with Gasteiger partial charge in [-0.1, -0.05) is 0 Å². The Kier molecular flexibility index (Phi) is 4.11. The zero-order valence-corrected chi connectivity index (χ0v) is 10.5. The van der Waals surface area contributed by atoms with E-state index in [2.05, 4.69) is 0 Å². The Morgan fingerprint density at radius 2 is 1.80 bits per heavy atom. The molecular formula is C13H13NO6. The largest absolute Gasteiger partial charge is 0.460 e. The average Bonchev–Trinajstić information content (AvgIpc) is 2.70. The molecule has 0 saturated heterocycles. The Hall–Kier alpha value is -2.25. The zero-order chi connectivity index (χ0) is 14.7. The summed E-state index contributed by atoms with van der Waals surface area (Å²) in [5.74, 6) is -1.71. The molecule has 2 rings (SSSR count). The summed E-state index contributed by atoms with van der Waals surface area (Å²) in [4.78, 5) is 36.4. The molecule has 1 heterocycles. The van der Waals surface area contributed by atoms with E-state index >= 15 is 0 Å². The topological polar surface area (TPSA) is 104 Å². The van der Waals surface area contributed by atoms with Crippen molar-refractivity contribution < 1.29 is 29.3 Å². The van der Waals surface area contributed by atoms with Crippen LogP contribution in [0.3, 0.4) is 0 Å². The van der Waals surface area contributed by atoms with E-state index in [4.69, 9.17) is 14.9 Å². The van der Waals surface area contributed by atoms with Gasteiger partial charge in [-0.15, -0.1) is 0 Å². The molecule has 1 aliphatic rings. The second-order valence-electron chi connectivity index (χ2n) is 4.11. The van der Waals surface area contributed by atoms with Crippen LogP contribution in [0.5, 0.6) is 0 Å². The SMILES string of the molecule is O=C(OCCO)c1ccc2c(c1)C(=O)N(CCO)C2=O. The third-order valence-corrected chi connectivity index (χ3v) is 2.85. The number of aliphatic hydroxyl groups is 2. The van der Waals surface area contributed by atoms with Crippen molar-refractivity contribution in [2.24, 2.45) is 0 Å². The molecule has 1 aromatic carbocycles. The van der Waals surface area contributed by atoms with E-state index in [9.17, 15) is 14.4 Å². The van der Waals surface area contributed by atoms with Gasteiger partial charge < -0.3 is 14.9 Å². The molecule has 7 nitrogen and oxygen atoms in total. The number of esters is 1. The van der Waals surface area contributed by atoms with Crippen molar-refractivity contribution in [2.75, 3.05) is 26.4 Å². The molecule has 0 aromatic heterocycles. The summed E-state index contributed by atoms with van der Waals surface area (Å²) in [6.45, 7) is -0.842. The van der Waals surface area contributed by atoms with Gasteiger partial charge in [0.1, 0.15) is 6.61 Å². The first-order valence-electron chi connectivity index (χ1n) is 5.99. The fourth-order valence-corrected chi connectivity index (χ4v) is 1.94. The fraction of sp³-hybridized carbons (Fsp3) is 0.308. The number of hydrogen-bond donors (Lipinski definition) is 2. The minimum Gasteiger partial charge on any atom is -0.460 e. The first kappa shape index (κ1) is 14.2. The highest BCUT2D eigenvalue weighted by molar-refractivity contribution is 6.21. The van der Waals surface area contributed by atoms with Crippen LogP contribution in [0.1, 0.15) is 31.1 Å². The summed E-state index contributed by atoms with van der Waals surface area (Å²) in [6, 6.07) is 4.04. The quantitative estimate of drug-likeness (QED) is 0.552. The molecule has 106 valence electrons. The van der Waals surface area contributed by atoms with Crippen LogP contribution in [0.25, 0.3) is 0 Å². The van der Waals surface area contributed by atoms with Crippen molar-refractivity contribution in [1.82, 2.24) is 4.90 Å². The minimum atomic E-state index is -0.678. The number of rotatable bonds is 5. The second kappa shape index (κ2) is 5.81. The van der Waals surface area contributed by atoms with Crippen LogP contribution in [-0.2, 0) is 4.74 Å². The average molecular weight is 279 g/mol. The molecule has 7 heteroatoms. The lowest BCUT2D eigenvalue weighted by Crippen LogP contribution is -2.32. The predicted octanol–water partition coefficient (Wildman–Crippen LogP) is -0.576. The van der Waals surface area contributed by atoms with Crippen LogP contribution in [0.2, 0.25) is 0 Å². The third-order valence-electron chi connectivity index (χ3n) is 2.85. The number of carbonyl (C=O) groups is 3. The van der Waals surface area contributed by atoms with E-state index < -0.39 is 17.8 Å². The summed E-state index contributed by atoms with van der Waals surface area (Å²) in [5, 5.41) is 17.4. The number of hydrogen-bond acceptors (Lipinski definition) is 6. The monoisotopic (exact) mass is 279 g/mol. The van der Waals surface area contributed by atoms with Crippen molar-refractivity contribution in [3.63, 3.8) is 0 Å². The molecule has 0 aliphatic carbocycles. The normalized spacial score (nSPS) is 13.6. The van der Waals surface area contributed by atoms with Crippen LogP contribution >= 0.6 is 0 Å². The van der Waals surface area contributed by atoms with Gasteiger partial charge in [-0.05, 0) is 18.2 Å². The standard InChI is InChI=1S/C13H13NO6/c15-4-3-14-11(17)9-2-1-8(7-10(9)12(14)18)13(19)20-6-5-16/h1-2,7,15-16H,3-6H2. The number of fused-ring (bicyclic) bond motifs is 1. The Morgan fingerprint density at radius 1 is 1.10 bits per heavy atom. The van der Waals surface area contributed by atoms with Gasteiger partial charge in [0.2, 0.25) is 0 Å². The van der Waals surface area contributed by atoms with Crippen molar-refractivity contribution in [3.05, 3.63) is 34.9 Å². The number of ether oxygens (including phenoxy) is 1. The molecule has 2 N–H and O–H groups in total. The Balaban J connectivity index is 2.28. The van der Waals surface area contributed by atoms with Crippen LogP contribution < -0.4 is 0 Å². The number of amides is 2. The van der Waals surface area contributed by atoms with E-state index in [1.165, 1.54) is 18.2 Å². The smallest absolute Gasteiger partial charge is 0.338 e. The zero-order valence-electron chi connectivity index (χ0n) is 10.5. The molecular weight excluding hydrogens is 266 g/mol. The third kappa shape index (κ3) is 2.40. The number of aliphatic hydroxyl groups excluding tert-OH is 2. The lowest BCUT2D eigenvalue weighted by atomic mass is 10.1. The number of β-amino-alcohol motifs (C(OH)–C–C–N with tert-alkyl or cyclic N) is 1. The van der Waals surface area contributed by atoms with E-state index in [1.807, 2.05) is 0 Å². The van der Waals surface area contributed by atoms with E-state index in [-0.39, 0.29) is 43.1 Å². The van der Waals surface area contributed by atoms with Crippen molar-refractivity contribution >= 4 is 17.8 Å². The first-order valence-corrected chi connectivity index (χ1v) is 5.99. The highest BCUT2D eigenvalue weighted by Gasteiger charge is 2.35. The lowest BCUT2D eigenvalue weighted by molar-refractivity contribution is 0.0433. The Bertz CT molecular complexity index is 568. The van der Waals surface area contributed by atoms with Crippen LogP contribution in [0.4, 0.5) is 0 Å². The van der Waals surface area contributed by atoms with Gasteiger partial charge in [0.15, 0.2) is 0 Å². The molecule has 0 spiro atoms. The number of benzene rings is 1. The van der Waals surface area contributed by atoms with Crippen LogP contribution in [0.15, 0.2) is 18.2 Å². The molecule has 0 bridgehead atoms. The first-order chi connectivity index (χ1) is 9.60. The molecule has 1 aromatic rings. The van der Waals surface area contributed by atoms with Gasteiger partial charge in [0.05, 0.1) is 36.4 Å². The van der Waals surface area contributed by atoms with Gasteiger partial charge in [-0.2, -0.15) is 0 Å². The molecule has 0 unspecified atom stereocenters.